The zero-order valence-electron chi connectivity index (χ0n) is 10.7. The van der Waals surface area contributed by atoms with E-state index in [1.807, 2.05) is 5.06 Å². The molecule has 0 aliphatic carbocycles. The summed E-state index contributed by atoms with van der Waals surface area (Å²) >= 11 is 0. The molecule has 0 aromatic heterocycles. The summed E-state index contributed by atoms with van der Waals surface area (Å²) in [5, 5.41) is 1.86. The van der Waals surface area contributed by atoms with Crippen LogP contribution < -0.4 is 0 Å². The molecule has 1 aliphatic heterocycles. The Labute approximate surface area is 111 Å². The molecule has 1 aromatic rings. The first kappa shape index (κ1) is 14.3. The van der Waals surface area contributed by atoms with Crippen LogP contribution in [0.5, 0.6) is 0 Å². The molecule has 1 aliphatic rings. The Morgan fingerprint density at radius 1 is 1.05 bits per heavy atom. The van der Waals surface area contributed by atoms with E-state index in [9.17, 15) is 13.2 Å². The average Bonchev–Trinajstić information content (AvgIpc) is 2.39. The minimum atomic E-state index is -4.29. The normalized spacial score (nSPS) is 17.6. The van der Waals surface area contributed by atoms with Crippen LogP contribution in [0.1, 0.15) is 30.4 Å². The first-order chi connectivity index (χ1) is 9.07. The second-order valence-electron chi connectivity index (χ2n) is 4.73. The summed E-state index contributed by atoms with van der Waals surface area (Å²) in [5.41, 5.74) is -0.260. The lowest BCUT2D eigenvalue weighted by atomic mass is 10.0. The van der Waals surface area contributed by atoms with Crippen LogP contribution in [0.4, 0.5) is 13.2 Å². The third-order valence-corrected chi connectivity index (χ3v) is 3.28. The van der Waals surface area contributed by atoms with E-state index >= 15 is 0 Å². The van der Waals surface area contributed by atoms with Crippen LogP contribution in [0.3, 0.4) is 0 Å². The number of benzene rings is 1. The lowest BCUT2D eigenvalue weighted by Crippen LogP contribution is -2.30. The molecule has 0 atom stereocenters. The topological polar surface area (TPSA) is 12.5 Å². The third-order valence-electron chi connectivity index (χ3n) is 3.28. The van der Waals surface area contributed by atoms with Crippen molar-refractivity contribution in [3.05, 3.63) is 35.4 Å². The fourth-order valence-corrected chi connectivity index (χ4v) is 2.29. The van der Waals surface area contributed by atoms with Crippen molar-refractivity contribution >= 4 is 0 Å². The van der Waals surface area contributed by atoms with E-state index in [0.717, 1.165) is 32.0 Å². The van der Waals surface area contributed by atoms with Crippen molar-refractivity contribution in [2.75, 3.05) is 19.7 Å². The number of halogens is 3. The van der Waals surface area contributed by atoms with Crippen LogP contribution in [0, 0.1) is 0 Å². The maximum Gasteiger partial charge on any atom is 0.416 e. The average molecular weight is 273 g/mol. The van der Waals surface area contributed by atoms with Crippen LogP contribution >= 0.6 is 0 Å². The minimum Gasteiger partial charge on any atom is -0.299 e. The smallest absolute Gasteiger partial charge is 0.299 e. The highest BCUT2D eigenvalue weighted by Gasteiger charge is 2.32. The molecular formula is C14H18F3NO. The molecule has 106 valence electrons. The molecule has 1 fully saturated rings. The highest BCUT2D eigenvalue weighted by atomic mass is 19.4. The first-order valence-corrected chi connectivity index (χ1v) is 6.60. The van der Waals surface area contributed by atoms with Crippen molar-refractivity contribution in [3.8, 4) is 0 Å². The van der Waals surface area contributed by atoms with Gasteiger partial charge in [0.2, 0.25) is 0 Å². The van der Waals surface area contributed by atoms with Gasteiger partial charge >= 0.3 is 6.18 Å². The Balaban J connectivity index is 1.88. The zero-order valence-corrected chi connectivity index (χ0v) is 10.7. The van der Waals surface area contributed by atoms with Gasteiger partial charge in [0.25, 0.3) is 0 Å². The molecule has 2 nitrogen and oxygen atoms in total. The van der Waals surface area contributed by atoms with Crippen LogP contribution in [0.15, 0.2) is 24.3 Å². The van der Waals surface area contributed by atoms with Gasteiger partial charge in [-0.2, -0.15) is 18.2 Å². The van der Waals surface area contributed by atoms with Crippen molar-refractivity contribution < 1.29 is 18.0 Å². The molecule has 0 bridgehead atoms. The number of piperidine rings is 1. The van der Waals surface area contributed by atoms with Crippen LogP contribution in [0.2, 0.25) is 0 Å². The molecule has 1 aromatic carbocycles. The van der Waals surface area contributed by atoms with Crippen molar-refractivity contribution in [2.24, 2.45) is 0 Å². The second-order valence-corrected chi connectivity index (χ2v) is 4.73. The number of nitrogens with zero attached hydrogens (tertiary/aromatic N) is 1. The lowest BCUT2D eigenvalue weighted by molar-refractivity contribution is -0.168. The Morgan fingerprint density at radius 3 is 2.42 bits per heavy atom. The van der Waals surface area contributed by atoms with Crippen molar-refractivity contribution in [3.63, 3.8) is 0 Å². The van der Waals surface area contributed by atoms with Crippen molar-refractivity contribution in [2.45, 2.75) is 31.9 Å². The summed E-state index contributed by atoms with van der Waals surface area (Å²) in [5.74, 6) is 0. The standard InChI is InChI=1S/C14H18F3NO/c15-14(16,17)13-7-3-2-6-12(13)8-11-19-18-9-4-1-5-10-18/h2-3,6-7H,1,4-5,8-11H2. The summed E-state index contributed by atoms with van der Waals surface area (Å²) in [4.78, 5) is 5.52. The highest BCUT2D eigenvalue weighted by Crippen LogP contribution is 2.32. The fraction of sp³-hybridized carbons (Fsp3) is 0.571. The summed E-state index contributed by atoms with van der Waals surface area (Å²) in [6.07, 6.45) is -0.608. The molecule has 0 spiro atoms. The van der Waals surface area contributed by atoms with E-state index in [-0.39, 0.29) is 6.42 Å². The van der Waals surface area contributed by atoms with Gasteiger partial charge in [0.05, 0.1) is 12.2 Å². The summed E-state index contributed by atoms with van der Waals surface area (Å²) in [7, 11) is 0. The number of alkyl halides is 3. The summed E-state index contributed by atoms with van der Waals surface area (Å²) < 4.78 is 38.3. The first-order valence-electron chi connectivity index (χ1n) is 6.60. The molecule has 1 heterocycles. The van der Waals surface area contributed by atoms with Gasteiger partial charge in [-0.1, -0.05) is 24.6 Å². The van der Waals surface area contributed by atoms with E-state index < -0.39 is 11.7 Å². The second kappa shape index (κ2) is 6.39. The number of hydroxylamine groups is 2. The lowest BCUT2D eigenvalue weighted by Gasteiger charge is -2.25. The van der Waals surface area contributed by atoms with Crippen LogP contribution in [-0.4, -0.2) is 24.8 Å². The minimum absolute atomic E-state index is 0.284. The number of hydrogen-bond acceptors (Lipinski definition) is 2. The van der Waals surface area contributed by atoms with Gasteiger partial charge in [0.1, 0.15) is 0 Å². The Morgan fingerprint density at radius 2 is 1.74 bits per heavy atom. The van der Waals surface area contributed by atoms with Gasteiger partial charge in [-0.3, -0.25) is 4.84 Å². The predicted molar refractivity (Wildman–Crippen MR) is 66.5 cm³/mol. The quantitative estimate of drug-likeness (QED) is 0.830. The Bertz CT molecular complexity index is 400. The Kier molecular flexibility index (Phi) is 4.82. The summed E-state index contributed by atoms with van der Waals surface area (Å²) in [6, 6.07) is 5.68. The SMILES string of the molecule is FC(F)(F)c1ccccc1CCON1CCCCC1. The molecular weight excluding hydrogens is 255 g/mol. The molecule has 0 saturated carbocycles. The van der Waals surface area contributed by atoms with Gasteiger partial charge in [0.15, 0.2) is 0 Å². The van der Waals surface area contributed by atoms with E-state index in [1.165, 1.54) is 18.6 Å². The number of hydrogen-bond donors (Lipinski definition) is 0. The van der Waals surface area contributed by atoms with Gasteiger partial charge in [-0.15, -0.1) is 0 Å². The molecule has 5 heteroatoms. The maximum absolute atomic E-state index is 12.8. The molecule has 1 saturated heterocycles. The summed E-state index contributed by atoms with van der Waals surface area (Å²) in [6.45, 7) is 2.05. The van der Waals surface area contributed by atoms with Crippen molar-refractivity contribution in [1.29, 1.82) is 0 Å². The monoisotopic (exact) mass is 273 g/mol. The molecule has 0 radical (unpaired) electrons. The van der Waals surface area contributed by atoms with E-state index in [2.05, 4.69) is 0 Å². The molecule has 0 amide bonds. The van der Waals surface area contributed by atoms with E-state index in [4.69, 9.17) is 4.84 Å². The molecule has 0 N–H and O–H groups in total. The van der Waals surface area contributed by atoms with Gasteiger partial charge in [0, 0.05) is 13.1 Å². The van der Waals surface area contributed by atoms with Gasteiger partial charge in [-0.05, 0) is 30.9 Å². The largest absolute Gasteiger partial charge is 0.416 e. The number of rotatable bonds is 4. The maximum atomic E-state index is 12.8. The zero-order chi connectivity index (χ0) is 13.7. The molecule has 0 unspecified atom stereocenters. The van der Waals surface area contributed by atoms with Gasteiger partial charge < -0.3 is 0 Å². The molecule has 2 rings (SSSR count). The fourth-order valence-electron chi connectivity index (χ4n) is 2.29. The van der Waals surface area contributed by atoms with E-state index in [0.29, 0.717) is 12.2 Å². The molecule has 19 heavy (non-hydrogen) atoms. The third kappa shape index (κ3) is 4.21. The predicted octanol–water partition coefficient (Wildman–Crippen LogP) is 3.67. The highest BCUT2D eigenvalue weighted by molar-refractivity contribution is 5.29. The van der Waals surface area contributed by atoms with Crippen molar-refractivity contribution in [1.82, 2.24) is 5.06 Å². The van der Waals surface area contributed by atoms with Gasteiger partial charge in [-0.25, -0.2) is 0 Å². The van der Waals surface area contributed by atoms with Crippen LogP contribution in [-0.2, 0) is 17.4 Å². The Hall–Kier alpha value is -1.07. The van der Waals surface area contributed by atoms with Crippen LogP contribution in [0.25, 0.3) is 0 Å². The van der Waals surface area contributed by atoms with E-state index in [1.54, 1.807) is 6.07 Å².